The summed E-state index contributed by atoms with van der Waals surface area (Å²) in [5.41, 5.74) is 3.97. The Bertz CT molecular complexity index is 879. The summed E-state index contributed by atoms with van der Waals surface area (Å²) in [5, 5.41) is 5.07. The molecular formula is C16H18N4O4S. The van der Waals surface area contributed by atoms with Gasteiger partial charge >= 0.3 is 6.03 Å². The molecule has 0 saturated heterocycles. The van der Waals surface area contributed by atoms with Crippen LogP contribution < -0.4 is 20.9 Å². The van der Waals surface area contributed by atoms with E-state index >= 15 is 0 Å². The minimum atomic E-state index is -3.94. The smallest absolute Gasteiger partial charge is 0.326 e. The highest BCUT2D eigenvalue weighted by atomic mass is 32.2. The van der Waals surface area contributed by atoms with Gasteiger partial charge in [0.1, 0.15) is 0 Å². The van der Waals surface area contributed by atoms with E-state index in [9.17, 15) is 18.0 Å². The predicted octanol–water partition coefficient (Wildman–Crippen LogP) is 1.97. The Morgan fingerprint density at radius 2 is 1.56 bits per heavy atom. The number of nitrogens with one attached hydrogen (secondary N) is 4. The quantitative estimate of drug-likeness (QED) is 0.608. The van der Waals surface area contributed by atoms with Crippen molar-refractivity contribution >= 4 is 33.3 Å². The predicted molar refractivity (Wildman–Crippen MR) is 94.4 cm³/mol. The normalized spacial score (nSPS) is 10.8. The molecule has 2 aromatic carbocycles. The van der Waals surface area contributed by atoms with Gasteiger partial charge in [-0.1, -0.05) is 18.2 Å². The number of benzene rings is 2. The second kappa shape index (κ2) is 7.77. The van der Waals surface area contributed by atoms with Crippen LogP contribution in [0.2, 0.25) is 0 Å². The van der Waals surface area contributed by atoms with Gasteiger partial charge in [0.25, 0.3) is 10.0 Å². The average Bonchev–Trinajstić information content (AvgIpc) is 2.55. The van der Waals surface area contributed by atoms with Crippen LogP contribution in [0.25, 0.3) is 0 Å². The van der Waals surface area contributed by atoms with E-state index in [1.54, 1.807) is 12.1 Å². The van der Waals surface area contributed by atoms with Gasteiger partial charge in [-0.15, -0.1) is 4.83 Å². The maximum Gasteiger partial charge on any atom is 0.334 e. The first-order valence-corrected chi connectivity index (χ1v) is 8.78. The maximum atomic E-state index is 12.1. The summed E-state index contributed by atoms with van der Waals surface area (Å²) in [7, 11) is -3.94. The zero-order valence-corrected chi connectivity index (χ0v) is 14.5. The third kappa shape index (κ3) is 5.30. The van der Waals surface area contributed by atoms with Crippen molar-refractivity contribution in [1.29, 1.82) is 0 Å². The molecule has 3 amide bonds. The number of aryl methyl sites for hydroxylation is 1. The number of para-hydroxylation sites is 1. The standard InChI is InChI=1S/C16H18N4O4S/c1-11-5-3-4-6-15(11)18-16(22)19-20-25(23,24)14-9-7-13(8-10-14)17-12(2)21/h3-10,20H,1-2H3,(H,17,21)(H2,18,19,22). The third-order valence-corrected chi connectivity index (χ3v) is 4.44. The van der Waals surface area contributed by atoms with Crippen molar-refractivity contribution in [3.8, 4) is 0 Å². The van der Waals surface area contributed by atoms with Crippen molar-refractivity contribution in [3.63, 3.8) is 0 Å². The fourth-order valence-electron chi connectivity index (χ4n) is 1.96. The number of carbonyl (C=O) groups is 2. The molecule has 0 aliphatic rings. The number of rotatable bonds is 5. The number of anilines is 2. The molecule has 0 aliphatic carbocycles. The summed E-state index contributed by atoms with van der Waals surface area (Å²) in [6.07, 6.45) is 0. The minimum absolute atomic E-state index is 0.0576. The molecule has 2 aromatic rings. The van der Waals surface area contributed by atoms with Gasteiger partial charge in [-0.2, -0.15) is 0 Å². The van der Waals surface area contributed by atoms with Crippen LogP contribution in [0.3, 0.4) is 0 Å². The van der Waals surface area contributed by atoms with Gasteiger partial charge in [0.2, 0.25) is 5.91 Å². The first-order chi connectivity index (χ1) is 11.8. The largest absolute Gasteiger partial charge is 0.334 e. The molecule has 8 nitrogen and oxygen atoms in total. The Labute approximate surface area is 145 Å². The van der Waals surface area contributed by atoms with Crippen LogP contribution in [-0.4, -0.2) is 20.4 Å². The topological polar surface area (TPSA) is 116 Å². The summed E-state index contributed by atoms with van der Waals surface area (Å²) >= 11 is 0. The molecule has 0 spiro atoms. The van der Waals surface area contributed by atoms with Crippen LogP contribution in [0.5, 0.6) is 0 Å². The molecule has 0 bridgehead atoms. The first-order valence-electron chi connectivity index (χ1n) is 7.30. The minimum Gasteiger partial charge on any atom is -0.326 e. The zero-order chi connectivity index (χ0) is 18.4. The van der Waals surface area contributed by atoms with Crippen molar-refractivity contribution in [2.45, 2.75) is 18.7 Å². The van der Waals surface area contributed by atoms with E-state index in [2.05, 4.69) is 16.1 Å². The lowest BCUT2D eigenvalue weighted by atomic mass is 10.2. The SMILES string of the molecule is CC(=O)Nc1ccc(S(=O)(=O)NNC(=O)Nc2ccccc2C)cc1. The highest BCUT2D eigenvalue weighted by molar-refractivity contribution is 7.89. The highest BCUT2D eigenvalue weighted by Crippen LogP contribution is 2.14. The van der Waals surface area contributed by atoms with Crippen molar-refractivity contribution in [2.75, 3.05) is 10.6 Å². The van der Waals surface area contributed by atoms with E-state index in [1.165, 1.54) is 31.2 Å². The summed E-state index contributed by atoms with van der Waals surface area (Å²) in [5.74, 6) is -0.261. The van der Waals surface area contributed by atoms with Crippen molar-refractivity contribution in [3.05, 3.63) is 54.1 Å². The second-order valence-electron chi connectivity index (χ2n) is 5.21. The molecule has 9 heteroatoms. The first kappa shape index (κ1) is 18.4. The lowest BCUT2D eigenvalue weighted by molar-refractivity contribution is -0.114. The molecule has 132 valence electrons. The number of hydrogen-bond donors (Lipinski definition) is 4. The van der Waals surface area contributed by atoms with Gasteiger partial charge in [-0.25, -0.2) is 13.2 Å². The lowest BCUT2D eigenvalue weighted by Gasteiger charge is -2.11. The molecule has 0 aliphatic heterocycles. The van der Waals surface area contributed by atoms with E-state index in [-0.39, 0.29) is 10.8 Å². The number of sulfonamides is 1. The maximum absolute atomic E-state index is 12.1. The number of hydrazine groups is 1. The van der Waals surface area contributed by atoms with Crippen molar-refractivity contribution in [2.24, 2.45) is 0 Å². The number of hydrogen-bond acceptors (Lipinski definition) is 4. The Morgan fingerprint density at radius 3 is 2.16 bits per heavy atom. The van der Waals surface area contributed by atoms with E-state index in [0.717, 1.165) is 5.56 Å². The van der Waals surface area contributed by atoms with Crippen molar-refractivity contribution in [1.82, 2.24) is 10.3 Å². The van der Waals surface area contributed by atoms with E-state index in [4.69, 9.17) is 0 Å². The summed E-state index contributed by atoms with van der Waals surface area (Å²) in [6.45, 7) is 3.17. The van der Waals surface area contributed by atoms with E-state index in [1.807, 2.05) is 23.9 Å². The molecule has 0 radical (unpaired) electrons. The van der Waals surface area contributed by atoms with Crippen LogP contribution in [0.4, 0.5) is 16.2 Å². The van der Waals surface area contributed by atoms with Gasteiger partial charge in [-0.05, 0) is 42.8 Å². The second-order valence-corrected chi connectivity index (χ2v) is 6.89. The van der Waals surface area contributed by atoms with E-state index in [0.29, 0.717) is 11.4 Å². The molecule has 25 heavy (non-hydrogen) atoms. The van der Waals surface area contributed by atoms with Gasteiger partial charge < -0.3 is 10.6 Å². The highest BCUT2D eigenvalue weighted by Gasteiger charge is 2.15. The summed E-state index contributed by atoms with van der Waals surface area (Å²) < 4.78 is 24.3. The molecular weight excluding hydrogens is 344 g/mol. The summed E-state index contributed by atoms with van der Waals surface area (Å²) in [4.78, 5) is 24.7. The van der Waals surface area contributed by atoms with Gasteiger partial charge in [0.05, 0.1) is 4.90 Å². The Kier molecular flexibility index (Phi) is 5.73. The third-order valence-electron chi connectivity index (χ3n) is 3.18. The molecule has 2 rings (SSSR count). The molecule has 0 aromatic heterocycles. The van der Waals surface area contributed by atoms with Gasteiger partial charge in [0, 0.05) is 18.3 Å². The number of amides is 3. The molecule has 0 atom stereocenters. The molecule has 4 N–H and O–H groups in total. The lowest BCUT2D eigenvalue weighted by Crippen LogP contribution is -2.43. The number of carbonyl (C=O) groups excluding carboxylic acids is 2. The summed E-state index contributed by atoms with van der Waals surface area (Å²) in [6, 6.07) is 11.9. The molecule has 0 saturated carbocycles. The molecule has 0 unspecified atom stereocenters. The van der Waals surface area contributed by atoms with Crippen LogP contribution in [0.15, 0.2) is 53.4 Å². The molecule has 0 fully saturated rings. The van der Waals surface area contributed by atoms with Gasteiger partial charge in [0.15, 0.2) is 0 Å². The zero-order valence-electron chi connectivity index (χ0n) is 13.7. The van der Waals surface area contributed by atoms with Gasteiger partial charge in [-0.3, -0.25) is 10.2 Å². The Hall–Kier alpha value is -2.91. The fourth-order valence-corrected chi connectivity index (χ4v) is 2.80. The Balaban J connectivity index is 1.98. The average molecular weight is 362 g/mol. The van der Waals surface area contributed by atoms with Crippen LogP contribution in [0.1, 0.15) is 12.5 Å². The van der Waals surface area contributed by atoms with Crippen LogP contribution in [-0.2, 0) is 14.8 Å². The van der Waals surface area contributed by atoms with Crippen LogP contribution >= 0.6 is 0 Å². The Morgan fingerprint density at radius 1 is 0.920 bits per heavy atom. The fraction of sp³-hybridized carbons (Fsp3) is 0.125. The monoisotopic (exact) mass is 362 g/mol. The number of urea groups is 1. The van der Waals surface area contributed by atoms with Crippen molar-refractivity contribution < 1.29 is 18.0 Å². The molecule has 0 heterocycles. The van der Waals surface area contributed by atoms with Crippen LogP contribution in [0, 0.1) is 6.92 Å². The van der Waals surface area contributed by atoms with E-state index < -0.39 is 16.1 Å².